The highest BCUT2D eigenvalue weighted by molar-refractivity contribution is 7.89. The highest BCUT2D eigenvalue weighted by Crippen LogP contribution is 2.38. The Balaban J connectivity index is 1.25. The van der Waals surface area contributed by atoms with Gasteiger partial charge < -0.3 is 20.3 Å². The van der Waals surface area contributed by atoms with Gasteiger partial charge in [-0.05, 0) is 115 Å². The van der Waals surface area contributed by atoms with Crippen LogP contribution in [0.5, 0.6) is 5.75 Å². The van der Waals surface area contributed by atoms with E-state index in [0.29, 0.717) is 48.7 Å². The van der Waals surface area contributed by atoms with Gasteiger partial charge in [0.05, 0.1) is 5.02 Å². The number of benzene rings is 2. The third kappa shape index (κ3) is 8.63. The number of para-hydroxylation sites is 1. The number of carbonyl (C=O) groups excluding carboxylic acids is 1. The lowest BCUT2D eigenvalue weighted by atomic mass is 9.92. The van der Waals surface area contributed by atoms with Crippen LogP contribution in [0.2, 0.25) is 10.0 Å². The number of aryl methyl sites for hydroxylation is 2. The summed E-state index contributed by atoms with van der Waals surface area (Å²) in [7, 11) is -2.21. The van der Waals surface area contributed by atoms with Gasteiger partial charge in [0.15, 0.2) is 0 Å². The van der Waals surface area contributed by atoms with Crippen molar-refractivity contribution in [3.05, 3.63) is 63.3 Å². The number of piperidine rings is 1. The zero-order chi connectivity index (χ0) is 34.3. The van der Waals surface area contributed by atoms with Gasteiger partial charge in [0.25, 0.3) is 0 Å². The summed E-state index contributed by atoms with van der Waals surface area (Å²) in [6.45, 7) is 8.15. The number of hydrogen-bond acceptors (Lipinski definition) is 7. The Morgan fingerprint density at radius 2 is 1.77 bits per heavy atom. The summed E-state index contributed by atoms with van der Waals surface area (Å²) in [4.78, 5) is 20.4. The summed E-state index contributed by atoms with van der Waals surface area (Å²) in [5.41, 5.74) is 1.82. The Morgan fingerprint density at radius 1 is 1.04 bits per heavy atom. The van der Waals surface area contributed by atoms with E-state index in [2.05, 4.69) is 20.3 Å². The molecule has 0 bridgehead atoms. The molecule has 48 heavy (non-hydrogen) atoms. The van der Waals surface area contributed by atoms with E-state index in [4.69, 9.17) is 27.9 Å². The minimum atomic E-state index is -4.19. The molecular weight excluding hydrogens is 669 g/mol. The first-order valence-electron chi connectivity index (χ1n) is 17.2. The van der Waals surface area contributed by atoms with Gasteiger partial charge in [-0.25, -0.2) is 13.4 Å². The molecule has 1 saturated heterocycles. The number of sulfonamides is 1. The molecule has 262 valence electrons. The maximum absolute atomic E-state index is 14.0. The van der Waals surface area contributed by atoms with E-state index < -0.39 is 15.6 Å². The van der Waals surface area contributed by atoms with Crippen molar-refractivity contribution >= 4 is 50.0 Å². The van der Waals surface area contributed by atoms with Crippen molar-refractivity contribution in [1.29, 1.82) is 0 Å². The number of halogens is 2. The van der Waals surface area contributed by atoms with Crippen LogP contribution in [0, 0.1) is 19.8 Å². The number of hydrogen-bond donors (Lipinski definition) is 3. The minimum Gasteiger partial charge on any atom is -0.487 e. The molecule has 0 unspecified atom stereocenters. The lowest BCUT2D eigenvalue weighted by Gasteiger charge is -2.38. The van der Waals surface area contributed by atoms with Gasteiger partial charge in [0.2, 0.25) is 15.9 Å². The van der Waals surface area contributed by atoms with E-state index in [1.165, 1.54) is 25.0 Å². The fraction of sp³-hybridized carbons (Fsp3) is 0.556. The molecule has 1 aliphatic carbocycles. The minimum absolute atomic E-state index is 0.0218. The Morgan fingerprint density at radius 3 is 2.50 bits per heavy atom. The molecule has 1 aliphatic heterocycles. The van der Waals surface area contributed by atoms with E-state index in [9.17, 15) is 13.2 Å². The largest absolute Gasteiger partial charge is 0.487 e. The van der Waals surface area contributed by atoms with Crippen LogP contribution >= 0.6 is 23.2 Å². The van der Waals surface area contributed by atoms with E-state index >= 15 is 0 Å². The van der Waals surface area contributed by atoms with Crippen LogP contribution < -0.4 is 20.1 Å². The molecule has 3 aromatic rings. The zero-order valence-corrected chi connectivity index (χ0v) is 30.7. The summed E-state index contributed by atoms with van der Waals surface area (Å²) in [6.07, 6.45) is 7.81. The average molecular weight is 719 g/mol. The number of aromatic nitrogens is 1. The van der Waals surface area contributed by atoms with Crippen LogP contribution in [0.25, 0.3) is 10.9 Å². The van der Waals surface area contributed by atoms with Crippen molar-refractivity contribution in [3.63, 3.8) is 0 Å². The van der Waals surface area contributed by atoms with Gasteiger partial charge in [0.1, 0.15) is 28.3 Å². The summed E-state index contributed by atoms with van der Waals surface area (Å²) in [5, 5.41) is 8.00. The Bertz CT molecular complexity index is 1690. The Labute approximate surface area is 295 Å². The second-order valence-electron chi connectivity index (χ2n) is 13.4. The summed E-state index contributed by atoms with van der Waals surface area (Å²) in [6, 6.07) is 10.6. The van der Waals surface area contributed by atoms with Crippen molar-refractivity contribution in [2.24, 2.45) is 5.92 Å². The first-order valence-corrected chi connectivity index (χ1v) is 19.4. The van der Waals surface area contributed by atoms with Crippen molar-refractivity contribution in [1.82, 2.24) is 25.2 Å². The highest BCUT2D eigenvalue weighted by Gasteiger charge is 2.47. The normalized spacial score (nSPS) is 16.9. The van der Waals surface area contributed by atoms with E-state index in [0.717, 1.165) is 68.4 Å². The topological polar surface area (TPSA) is 113 Å². The second kappa shape index (κ2) is 16.5. The fourth-order valence-electron chi connectivity index (χ4n) is 7.07. The molecule has 1 amide bonds. The molecule has 1 aromatic heterocycles. The molecule has 2 aromatic carbocycles. The number of ether oxygens (including phenoxy) is 1. The van der Waals surface area contributed by atoms with Crippen LogP contribution in [0.3, 0.4) is 0 Å². The van der Waals surface area contributed by atoms with Crippen molar-refractivity contribution < 1.29 is 17.9 Å². The third-order valence-electron chi connectivity index (χ3n) is 9.76. The number of rotatable bonds is 15. The van der Waals surface area contributed by atoms with Crippen LogP contribution in [-0.4, -0.2) is 69.5 Å². The molecule has 0 spiro atoms. The van der Waals surface area contributed by atoms with E-state index in [1.54, 1.807) is 0 Å². The maximum atomic E-state index is 14.0. The number of fused-ring (bicyclic) bond motifs is 1. The van der Waals surface area contributed by atoms with Gasteiger partial charge in [0, 0.05) is 34.8 Å². The number of nitrogens with one attached hydrogen (secondary N) is 3. The van der Waals surface area contributed by atoms with Crippen molar-refractivity contribution in [2.75, 3.05) is 39.8 Å². The van der Waals surface area contributed by atoms with E-state index in [1.807, 2.05) is 50.1 Å². The van der Waals surface area contributed by atoms with Crippen LogP contribution in [0.4, 0.5) is 0 Å². The molecule has 2 heterocycles. The van der Waals surface area contributed by atoms with Gasteiger partial charge >= 0.3 is 0 Å². The van der Waals surface area contributed by atoms with Crippen LogP contribution in [0.1, 0.15) is 74.6 Å². The average Bonchev–Trinajstić information content (AvgIpc) is 3.53. The first-order chi connectivity index (χ1) is 23.0. The lowest BCUT2D eigenvalue weighted by molar-refractivity contribution is -0.138. The van der Waals surface area contributed by atoms with Crippen molar-refractivity contribution in [3.8, 4) is 5.75 Å². The number of nitrogens with zero attached hydrogens (tertiary/aromatic N) is 2. The third-order valence-corrected chi connectivity index (χ3v) is 12.2. The molecule has 3 N–H and O–H groups in total. The highest BCUT2D eigenvalue weighted by atomic mass is 35.5. The lowest BCUT2D eigenvalue weighted by Crippen LogP contribution is -2.59. The molecular formula is C36H49Cl2N5O4S. The van der Waals surface area contributed by atoms with E-state index in [-0.39, 0.29) is 27.5 Å². The molecule has 2 aliphatic rings. The number of amides is 1. The molecule has 2 fully saturated rings. The first kappa shape index (κ1) is 36.8. The number of pyridine rings is 1. The standard InChI is InChI=1S/C36H49Cl2N5O4S/c1-25-22-26(2)41-34-28(25)10-9-11-31(34)47-24-29-30(37)12-13-32(33(29)38)48(45,46)42-36(16-5-6-17-36)35(44)43-20-14-27(15-21-43)23-40-19-8-4-7-18-39-3/h9-13,22,27,39-40,42H,4-8,14-21,23-24H2,1-3H3. The SMILES string of the molecule is CNCCCCCNCC1CCN(C(=O)C2(NS(=O)(=O)c3ccc(Cl)c(COc4cccc5c(C)cc(C)nc45)c3Cl)CCCC2)CC1. The molecule has 5 rings (SSSR count). The number of likely N-dealkylation sites (tertiary alicyclic amines) is 1. The molecule has 0 atom stereocenters. The maximum Gasteiger partial charge on any atom is 0.243 e. The monoisotopic (exact) mass is 717 g/mol. The number of carbonyl (C=O) groups is 1. The van der Waals surface area contributed by atoms with Crippen LogP contribution in [0.15, 0.2) is 41.3 Å². The van der Waals surface area contributed by atoms with Gasteiger partial charge in [-0.3, -0.25) is 4.79 Å². The summed E-state index contributed by atoms with van der Waals surface area (Å²) < 4.78 is 37.0. The fourth-order valence-corrected chi connectivity index (χ4v) is 9.37. The smallest absolute Gasteiger partial charge is 0.243 e. The van der Waals surface area contributed by atoms with Gasteiger partial charge in [-0.1, -0.05) is 54.6 Å². The molecule has 9 nitrogen and oxygen atoms in total. The molecule has 12 heteroatoms. The number of unbranched alkanes of at least 4 members (excludes halogenated alkanes) is 2. The van der Waals surface area contributed by atoms with Gasteiger partial charge in [-0.2, -0.15) is 4.72 Å². The Hall–Kier alpha value is -2.47. The summed E-state index contributed by atoms with van der Waals surface area (Å²) in [5.74, 6) is 0.920. The second-order valence-corrected chi connectivity index (χ2v) is 15.8. The molecule has 1 saturated carbocycles. The Kier molecular flexibility index (Phi) is 12.6. The molecule has 0 radical (unpaired) electrons. The predicted molar refractivity (Wildman–Crippen MR) is 193 cm³/mol. The van der Waals surface area contributed by atoms with Crippen LogP contribution in [-0.2, 0) is 21.4 Å². The van der Waals surface area contributed by atoms with Crippen molar-refractivity contribution in [2.45, 2.75) is 88.7 Å². The quantitative estimate of drug-likeness (QED) is 0.153. The zero-order valence-electron chi connectivity index (χ0n) is 28.3. The predicted octanol–water partition coefficient (Wildman–Crippen LogP) is 6.55. The summed E-state index contributed by atoms with van der Waals surface area (Å²) >= 11 is 13.3. The van der Waals surface area contributed by atoms with Gasteiger partial charge in [-0.15, -0.1) is 0 Å².